The fourth-order valence-corrected chi connectivity index (χ4v) is 5.29. The molecule has 216 valence electrons. The van der Waals surface area contributed by atoms with Gasteiger partial charge in [-0.3, -0.25) is 0 Å². The van der Waals surface area contributed by atoms with Crippen molar-refractivity contribution in [3.05, 3.63) is 84.0 Å². The Bertz CT molecular complexity index is 1080. The Morgan fingerprint density at radius 3 is 1.77 bits per heavy atom. The normalized spacial score (nSPS) is 16.9. The minimum absolute atomic E-state index is 0.0526. The molecule has 0 aromatic heterocycles. The highest BCUT2D eigenvalue weighted by Crippen LogP contribution is 2.38. The molecule has 0 unspecified atom stereocenters. The van der Waals surface area contributed by atoms with Crippen LogP contribution >= 0.6 is 0 Å². The van der Waals surface area contributed by atoms with Crippen molar-refractivity contribution in [3.63, 3.8) is 0 Å². The van der Waals surface area contributed by atoms with Crippen molar-refractivity contribution in [3.8, 4) is 11.1 Å². The van der Waals surface area contributed by atoms with Crippen molar-refractivity contribution in [2.75, 3.05) is 26.4 Å². The molecule has 40 heavy (non-hydrogen) atoms. The molecule has 1 aliphatic rings. The predicted octanol–water partition coefficient (Wildman–Crippen LogP) is 6.47. The molecule has 2 N–H and O–H groups in total. The third kappa shape index (κ3) is 9.17. The van der Waals surface area contributed by atoms with Crippen molar-refractivity contribution < 1.29 is 29.3 Å². The number of hydrogen-bond acceptors (Lipinski definition) is 6. The van der Waals surface area contributed by atoms with Gasteiger partial charge in [0.05, 0.1) is 30.3 Å². The van der Waals surface area contributed by atoms with E-state index in [2.05, 4.69) is 44.3 Å². The first kappa shape index (κ1) is 31.3. The van der Waals surface area contributed by atoms with Crippen molar-refractivity contribution in [1.82, 2.24) is 0 Å². The van der Waals surface area contributed by atoms with E-state index < -0.39 is 31.1 Å². The maximum Gasteiger partial charge on any atom is 0.335 e. The SMILES string of the molecule is C=C(CO)C(=O)OCC(COC(=O)C(=C)CO)c1ccc(-c2ccc(C3CCC(CCCCC)CC3)cc2)cc1. The highest BCUT2D eigenvalue weighted by molar-refractivity contribution is 5.88. The van der Waals surface area contributed by atoms with Gasteiger partial charge in [0.1, 0.15) is 13.2 Å². The summed E-state index contributed by atoms with van der Waals surface area (Å²) in [5.74, 6) is -0.313. The average molecular weight is 549 g/mol. The zero-order chi connectivity index (χ0) is 28.9. The van der Waals surface area contributed by atoms with Crippen LogP contribution < -0.4 is 0 Å². The molecule has 1 aliphatic carbocycles. The second-order valence-electron chi connectivity index (χ2n) is 10.9. The fourth-order valence-electron chi connectivity index (χ4n) is 5.29. The van der Waals surface area contributed by atoms with E-state index in [0.717, 1.165) is 22.6 Å². The van der Waals surface area contributed by atoms with Gasteiger partial charge in [-0.2, -0.15) is 0 Å². The molecule has 0 amide bonds. The lowest BCUT2D eigenvalue weighted by Crippen LogP contribution is -2.21. The third-order valence-corrected chi connectivity index (χ3v) is 7.95. The van der Waals surface area contributed by atoms with Gasteiger partial charge >= 0.3 is 11.9 Å². The molecule has 2 aromatic carbocycles. The maximum absolute atomic E-state index is 12.0. The summed E-state index contributed by atoms with van der Waals surface area (Å²) >= 11 is 0. The summed E-state index contributed by atoms with van der Waals surface area (Å²) in [6.07, 6.45) is 10.6. The molecular weight excluding hydrogens is 504 g/mol. The van der Waals surface area contributed by atoms with Gasteiger partial charge in [-0.15, -0.1) is 0 Å². The molecule has 6 nitrogen and oxygen atoms in total. The summed E-state index contributed by atoms with van der Waals surface area (Å²) in [5.41, 5.74) is 4.32. The van der Waals surface area contributed by atoms with E-state index in [1.807, 2.05) is 24.3 Å². The highest BCUT2D eigenvalue weighted by atomic mass is 16.5. The zero-order valence-corrected chi connectivity index (χ0v) is 23.8. The van der Waals surface area contributed by atoms with Crippen molar-refractivity contribution >= 4 is 11.9 Å². The third-order valence-electron chi connectivity index (χ3n) is 7.95. The van der Waals surface area contributed by atoms with Gasteiger partial charge in [0.25, 0.3) is 0 Å². The first-order chi connectivity index (χ1) is 19.4. The van der Waals surface area contributed by atoms with Crippen LogP contribution in [0.2, 0.25) is 0 Å². The molecule has 0 spiro atoms. The highest BCUT2D eigenvalue weighted by Gasteiger charge is 2.22. The molecule has 6 heteroatoms. The molecule has 0 saturated heterocycles. The van der Waals surface area contributed by atoms with Crippen molar-refractivity contribution in [2.45, 2.75) is 70.1 Å². The van der Waals surface area contributed by atoms with E-state index in [1.165, 1.54) is 56.9 Å². The lowest BCUT2D eigenvalue weighted by Gasteiger charge is -2.29. The maximum atomic E-state index is 12.0. The fraction of sp³-hybridized carbons (Fsp3) is 0.471. The smallest absolute Gasteiger partial charge is 0.335 e. The van der Waals surface area contributed by atoms with Crippen molar-refractivity contribution in [1.29, 1.82) is 0 Å². The van der Waals surface area contributed by atoms with Crippen LogP contribution in [0.3, 0.4) is 0 Å². The van der Waals surface area contributed by atoms with Gasteiger partial charge in [0.15, 0.2) is 0 Å². The van der Waals surface area contributed by atoms with E-state index in [4.69, 9.17) is 19.7 Å². The molecule has 1 fully saturated rings. The van der Waals surface area contributed by atoms with E-state index in [-0.39, 0.29) is 24.4 Å². The Hall–Kier alpha value is -3.22. The quantitative estimate of drug-likeness (QED) is 0.150. The molecule has 1 saturated carbocycles. The van der Waals surface area contributed by atoms with Gasteiger partial charge in [0, 0.05) is 0 Å². The van der Waals surface area contributed by atoms with Crippen LogP contribution in [0.4, 0.5) is 0 Å². The summed E-state index contributed by atoms with van der Waals surface area (Å²) in [5, 5.41) is 18.3. The van der Waals surface area contributed by atoms with Crippen LogP contribution in [-0.4, -0.2) is 48.6 Å². The Morgan fingerprint density at radius 1 is 0.800 bits per heavy atom. The van der Waals surface area contributed by atoms with E-state index in [9.17, 15) is 9.59 Å². The van der Waals surface area contributed by atoms with Gasteiger partial charge in [-0.1, -0.05) is 94.3 Å². The minimum atomic E-state index is -0.708. The van der Waals surface area contributed by atoms with E-state index in [1.54, 1.807) is 0 Å². The Kier molecular flexibility index (Phi) is 12.6. The standard InChI is InChI=1S/C34H44O6/c1-4-5-6-7-26-8-10-27(11-9-26)28-12-14-29(15-13-28)30-16-18-31(19-17-30)32(22-39-33(37)24(2)20-35)23-40-34(38)25(3)21-36/h12-19,26-27,32,35-36H,2-11,20-23H2,1H3. The Morgan fingerprint density at radius 2 is 1.30 bits per heavy atom. The molecule has 0 radical (unpaired) electrons. The lowest BCUT2D eigenvalue weighted by atomic mass is 9.77. The minimum Gasteiger partial charge on any atom is -0.461 e. The number of hydrogen-bond donors (Lipinski definition) is 2. The first-order valence-corrected chi connectivity index (χ1v) is 14.5. The van der Waals surface area contributed by atoms with E-state index in [0.29, 0.717) is 5.92 Å². The largest absolute Gasteiger partial charge is 0.461 e. The second-order valence-corrected chi connectivity index (χ2v) is 10.9. The summed E-state index contributed by atoms with van der Waals surface area (Å²) < 4.78 is 10.6. The molecule has 0 heterocycles. The van der Waals surface area contributed by atoms with Gasteiger partial charge in [-0.25, -0.2) is 9.59 Å². The number of esters is 2. The Labute approximate surface area is 238 Å². The second kappa shape index (κ2) is 16.1. The van der Waals surface area contributed by atoms with Crippen LogP contribution in [0.5, 0.6) is 0 Å². The van der Waals surface area contributed by atoms with Crippen LogP contribution in [0, 0.1) is 5.92 Å². The monoisotopic (exact) mass is 548 g/mol. The van der Waals surface area contributed by atoms with Gasteiger partial charge in [0.2, 0.25) is 0 Å². The number of aliphatic hydroxyl groups is 2. The van der Waals surface area contributed by atoms with E-state index >= 15 is 0 Å². The van der Waals surface area contributed by atoms with Crippen LogP contribution in [-0.2, 0) is 19.1 Å². The number of benzene rings is 2. The zero-order valence-electron chi connectivity index (χ0n) is 23.8. The van der Waals surface area contributed by atoms with Crippen LogP contribution in [0.1, 0.15) is 81.3 Å². The summed E-state index contributed by atoms with van der Waals surface area (Å²) in [6, 6.07) is 16.7. The van der Waals surface area contributed by atoms with Crippen LogP contribution in [0.15, 0.2) is 72.8 Å². The topological polar surface area (TPSA) is 93.1 Å². The molecule has 3 rings (SSSR count). The number of aliphatic hydroxyl groups excluding tert-OH is 2. The summed E-state index contributed by atoms with van der Waals surface area (Å²) in [6.45, 7) is 8.11. The molecule has 0 bridgehead atoms. The number of ether oxygens (including phenoxy) is 2. The number of unbranched alkanes of at least 4 members (excludes halogenated alkanes) is 2. The summed E-state index contributed by atoms with van der Waals surface area (Å²) in [7, 11) is 0. The van der Waals surface area contributed by atoms with Crippen LogP contribution in [0.25, 0.3) is 11.1 Å². The molecule has 2 aromatic rings. The average Bonchev–Trinajstić information content (AvgIpc) is 3.00. The molecule has 0 aliphatic heterocycles. The number of rotatable bonds is 15. The number of carbonyl (C=O) groups is 2. The Balaban J connectivity index is 1.63. The van der Waals surface area contributed by atoms with Gasteiger partial charge < -0.3 is 19.7 Å². The number of carbonyl (C=O) groups excluding carboxylic acids is 2. The molecule has 0 atom stereocenters. The summed E-state index contributed by atoms with van der Waals surface area (Å²) in [4.78, 5) is 24.0. The predicted molar refractivity (Wildman–Crippen MR) is 158 cm³/mol. The first-order valence-electron chi connectivity index (χ1n) is 14.5. The van der Waals surface area contributed by atoms with Crippen molar-refractivity contribution in [2.24, 2.45) is 5.92 Å². The van der Waals surface area contributed by atoms with Gasteiger partial charge in [-0.05, 0) is 59.8 Å². The molecular formula is C34H44O6. The lowest BCUT2D eigenvalue weighted by molar-refractivity contribution is -0.142.